The van der Waals surface area contributed by atoms with Gasteiger partial charge in [0.2, 0.25) is 11.8 Å². The quantitative estimate of drug-likeness (QED) is 0.614. The third-order valence-electron chi connectivity index (χ3n) is 6.54. The van der Waals surface area contributed by atoms with Crippen LogP contribution in [0.1, 0.15) is 42.9 Å². The first-order valence-electron chi connectivity index (χ1n) is 11.4. The second-order valence-electron chi connectivity index (χ2n) is 8.86. The Balaban J connectivity index is 1.41. The molecule has 1 atom stereocenters. The Kier molecular flexibility index (Phi) is 7.07. The Hall–Kier alpha value is -2.74. The van der Waals surface area contributed by atoms with Crippen molar-refractivity contribution >= 4 is 34.8 Å². The highest BCUT2D eigenvalue weighted by Crippen LogP contribution is 2.38. The number of nitrogens with one attached hydrogen (secondary N) is 1. The molecule has 2 aromatic rings. The monoisotopic (exact) mass is 493 g/mol. The lowest BCUT2D eigenvalue weighted by molar-refractivity contribution is -0.138. The van der Waals surface area contributed by atoms with Crippen molar-refractivity contribution in [1.82, 2.24) is 4.90 Å². The van der Waals surface area contributed by atoms with Gasteiger partial charge in [0.05, 0.1) is 16.3 Å². The van der Waals surface area contributed by atoms with Crippen molar-refractivity contribution in [3.63, 3.8) is 0 Å². The highest BCUT2D eigenvalue weighted by molar-refractivity contribution is 6.34. The zero-order valence-corrected chi connectivity index (χ0v) is 19.7. The molecule has 0 bridgehead atoms. The van der Waals surface area contributed by atoms with Gasteiger partial charge in [0.25, 0.3) is 0 Å². The van der Waals surface area contributed by atoms with E-state index in [1.54, 1.807) is 11.0 Å². The smallest absolute Gasteiger partial charge is 0.369 e. The maximum Gasteiger partial charge on any atom is 0.416 e. The molecule has 0 spiro atoms. The third kappa shape index (κ3) is 5.32. The summed E-state index contributed by atoms with van der Waals surface area (Å²) in [6.07, 6.45) is -0.545. The van der Waals surface area contributed by atoms with Gasteiger partial charge in [-0.05, 0) is 67.5 Å². The Labute approximate surface area is 201 Å². The van der Waals surface area contributed by atoms with E-state index < -0.39 is 17.8 Å². The second kappa shape index (κ2) is 9.86. The van der Waals surface area contributed by atoms with Gasteiger partial charge in [-0.25, -0.2) is 0 Å². The number of alkyl halides is 3. The van der Waals surface area contributed by atoms with Crippen LogP contribution in [-0.4, -0.2) is 42.4 Å². The molecule has 0 unspecified atom stereocenters. The predicted molar refractivity (Wildman–Crippen MR) is 126 cm³/mol. The minimum absolute atomic E-state index is 0.101. The number of likely N-dealkylation sites (tertiary alicyclic amines) is 1. The summed E-state index contributed by atoms with van der Waals surface area (Å²) >= 11 is 6.59. The summed E-state index contributed by atoms with van der Waals surface area (Å²) in [6.45, 7) is 3.44. The number of nitrogens with zero attached hydrogens (tertiary/aromatic N) is 2. The first-order chi connectivity index (χ1) is 16.1. The Morgan fingerprint density at radius 3 is 2.53 bits per heavy atom. The SMILES string of the molecule is CC(=O)N1CCCC[C@@H]1C(=O)Nc1cc(Cl)c2c(c1)CCN2CCc1ccc(C(F)(F)F)cc1. The van der Waals surface area contributed by atoms with E-state index in [0.717, 1.165) is 54.8 Å². The molecule has 9 heteroatoms. The van der Waals surface area contributed by atoms with Crippen molar-refractivity contribution < 1.29 is 22.8 Å². The number of fused-ring (bicyclic) bond motifs is 1. The van der Waals surface area contributed by atoms with Crippen LogP contribution in [0.4, 0.5) is 24.5 Å². The highest BCUT2D eigenvalue weighted by Gasteiger charge is 2.32. The number of rotatable bonds is 5. The highest BCUT2D eigenvalue weighted by atomic mass is 35.5. The van der Waals surface area contributed by atoms with Gasteiger partial charge in [-0.3, -0.25) is 9.59 Å². The fourth-order valence-electron chi connectivity index (χ4n) is 4.79. The van der Waals surface area contributed by atoms with Crippen molar-refractivity contribution in [1.29, 1.82) is 0 Å². The van der Waals surface area contributed by atoms with Crippen LogP contribution in [0.25, 0.3) is 0 Å². The van der Waals surface area contributed by atoms with Gasteiger partial charge in [0.15, 0.2) is 0 Å². The lowest BCUT2D eigenvalue weighted by atomic mass is 10.0. The standard InChI is InChI=1S/C25H27ClF3N3O2/c1-16(33)32-11-3-2-4-22(32)24(34)30-20-14-18-10-13-31(23(18)21(26)15-20)12-9-17-5-7-19(8-6-17)25(27,28)29/h5-8,14-15,22H,2-4,9-13H2,1H3,(H,30,34)/t22-/m1/s1. The van der Waals surface area contributed by atoms with Gasteiger partial charge in [-0.2, -0.15) is 13.2 Å². The minimum Gasteiger partial charge on any atom is -0.369 e. The maximum absolute atomic E-state index is 12.9. The van der Waals surface area contributed by atoms with E-state index in [4.69, 9.17) is 11.6 Å². The number of carbonyl (C=O) groups is 2. The second-order valence-corrected chi connectivity index (χ2v) is 9.27. The molecule has 1 saturated heterocycles. The number of benzene rings is 2. The number of hydrogen-bond donors (Lipinski definition) is 1. The van der Waals surface area contributed by atoms with Crippen LogP contribution in [-0.2, 0) is 28.6 Å². The first-order valence-corrected chi connectivity index (χ1v) is 11.8. The lowest BCUT2D eigenvalue weighted by Crippen LogP contribution is -2.49. The van der Waals surface area contributed by atoms with Crippen molar-refractivity contribution in [2.24, 2.45) is 0 Å². The van der Waals surface area contributed by atoms with Gasteiger partial charge >= 0.3 is 6.18 Å². The minimum atomic E-state index is -4.34. The largest absolute Gasteiger partial charge is 0.416 e. The number of piperidine rings is 1. The number of anilines is 2. The zero-order chi connectivity index (χ0) is 24.5. The molecule has 34 heavy (non-hydrogen) atoms. The van der Waals surface area contributed by atoms with Crippen LogP contribution in [0, 0.1) is 0 Å². The van der Waals surface area contributed by atoms with Gasteiger partial charge in [0, 0.05) is 32.2 Å². The number of halogens is 4. The molecule has 5 nitrogen and oxygen atoms in total. The van der Waals surface area contributed by atoms with Crippen LogP contribution in [0.15, 0.2) is 36.4 Å². The predicted octanol–water partition coefficient (Wildman–Crippen LogP) is 5.30. The van der Waals surface area contributed by atoms with Gasteiger partial charge in [-0.1, -0.05) is 23.7 Å². The molecule has 2 heterocycles. The van der Waals surface area contributed by atoms with E-state index in [9.17, 15) is 22.8 Å². The summed E-state index contributed by atoms with van der Waals surface area (Å²) in [5.74, 6) is -0.307. The van der Waals surface area contributed by atoms with E-state index >= 15 is 0 Å². The van der Waals surface area contributed by atoms with Crippen LogP contribution in [0.5, 0.6) is 0 Å². The van der Waals surface area contributed by atoms with E-state index in [-0.39, 0.29) is 11.8 Å². The molecule has 2 amide bonds. The molecule has 1 N–H and O–H groups in total. The topological polar surface area (TPSA) is 52.7 Å². The van der Waals surface area contributed by atoms with Crippen molar-refractivity contribution in [3.8, 4) is 0 Å². The summed E-state index contributed by atoms with van der Waals surface area (Å²) in [7, 11) is 0. The van der Waals surface area contributed by atoms with Crippen molar-refractivity contribution in [2.45, 2.75) is 51.2 Å². The van der Waals surface area contributed by atoms with Gasteiger partial charge < -0.3 is 15.1 Å². The fourth-order valence-corrected chi connectivity index (χ4v) is 5.15. The zero-order valence-electron chi connectivity index (χ0n) is 18.9. The molecule has 2 aliphatic rings. The maximum atomic E-state index is 12.9. The summed E-state index contributed by atoms with van der Waals surface area (Å²) in [5, 5.41) is 3.45. The average molecular weight is 494 g/mol. The van der Waals surface area contributed by atoms with E-state index in [1.807, 2.05) is 6.07 Å². The van der Waals surface area contributed by atoms with Crippen molar-refractivity contribution in [2.75, 3.05) is 29.9 Å². The number of carbonyl (C=O) groups excluding carboxylic acids is 2. The number of amides is 2. The summed E-state index contributed by atoms with van der Waals surface area (Å²) < 4.78 is 38.3. The van der Waals surface area contributed by atoms with Crippen LogP contribution < -0.4 is 10.2 Å². The molecule has 0 aliphatic carbocycles. The molecule has 1 fully saturated rings. The molecular weight excluding hydrogens is 467 g/mol. The van der Waals surface area contributed by atoms with Crippen LogP contribution in [0.2, 0.25) is 5.02 Å². The number of hydrogen-bond acceptors (Lipinski definition) is 3. The third-order valence-corrected chi connectivity index (χ3v) is 6.83. The van der Waals surface area contributed by atoms with Gasteiger partial charge in [-0.15, -0.1) is 0 Å². The molecule has 182 valence electrons. The molecule has 0 radical (unpaired) electrons. The molecule has 0 saturated carbocycles. The van der Waals surface area contributed by atoms with Crippen LogP contribution in [0.3, 0.4) is 0 Å². The van der Waals surface area contributed by atoms with Crippen LogP contribution >= 0.6 is 11.6 Å². The normalized spacial score (nSPS) is 18.1. The summed E-state index contributed by atoms with van der Waals surface area (Å²) in [5.41, 5.74) is 2.69. The molecule has 4 rings (SSSR count). The van der Waals surface area contributed by atoms with E-state index in [0.29, 0.717) is 36.6 Å². The fraction of sp³-hybridized carbons (Fsp3) is 0.440. The lowest BCUT2D eigenvalue weighted by Gasteiger charge is -2.34. The van der Waals surface area contributed by atoms with E-state index in [1.165, 1.54) is 19.1 Å². The molecular formula is C25H27ClF3N3O2. The summed E-state index contributed by atoms with van der Waals surface area (Å²) in [4.78, 5) is 28.5. The summed E-state index contributed by atoms with van der Waals surface area (Å²) in [6, 6.07) is 8.39. The van der Waals surface area contributed by atoms with Gasteiger partial charge in [0.1, 0.15) is 6.04 Å². The van der Waals surface area contributed by atoms with Crippen molar-refractivity contribution in [3.05, 3.63) is 58.1 Å². The van der Waals surface area contributed by atoms with E-state index in [2.05, 4.69) is 10.2 Å². The Morgan fingerprint density at radius 1 is 1.12 bits per heavy atom. The Morgan fingerprint density at radius 2 is 1.85 bits per heavy atom. The molecule has 0 aromatic heterocycles. The Bertz CT molecular complexity index is 1070. The average Bonchev–Trinajstić information content (AvgIpc) is 3.20. The molecule has 2 aliphatic heterocycles. The first kappa shape index (κ1) is 24.4. The molecule has 2 aromatic carbocycles.